The Morgan fingerprint density at radius 2 is 1.02 bits per heavy atom. The van der Waals surface area contributed by atoms with Crippen molar-refractivity contribution in [3.63, 3.8) is 0 Å². The van der Waals surface area contributed by atoms with Crippen LogP contribution < -0.4 is 0 Å². The highest BCUT2D eigenvalue weighted by atomic mass is 32.1. The molecule has 10 rings (SSSR count). The molecule has 0 N–H and O–H groups in total. The SMILES string of the molecule is [2H]c1cc([2H])c(-c2c([2H])c([2H])c([2H])c3c2sc2c([2H])c([2H])c([2H])c([2H])c23)c(-n2c3c([2H])cc([2H])c([2H])c3c3c([2H])c([2H])cc([2H])c32)c1-c1nc(-c2ccccc2)nc(-c2ccccc2)n1. The van der Waals surface area contributed by atoms with Gasteiger partial charge in [-0.2, -0.15) is 0 Å². The summed E-state index contributed by atoms with van der Waals surface area (Å²) < 4.78 is 138. The van der Waals surface area contributed by atoms with Gasteiger partial charge in [-0.15, -0.1) is 11.3 Å². The fourth-order valence-electron chi connectivity index (χ4n) is 6.19. The monoisotopic (exact) mass is 671 g/mol. The minimum atomic E-state index is -0.650. The highest BCUT2D eigenvalue weighted by Crippen LogP contribution is 2.45. The summed E-state index contributed by atoms with van der Waals surface area (Å²) in [4.78, 5) is 14.6. The van der Waals surface area contributed by atoms with Gasteiger partial charge < -0.3 is 4.57 Å². The van der Waals surface area contributed by atoms with E-state index in [1.165, 1.54) is 10.6 Å². The van der Waals surface area contributed by atoms with Crippen LogP contribution in [-0.2, 0) is 0 Å². The van der Waals surface area contributed by atoms with Crippen LogP contribution in [0.3, 0.4) is 0 Å². The number of nitrogens with zero attached hydrogens (tertiary/aromatic N) is 4. The lowest BCUT2D eigenvalue weighted by Crippen LogP contribution is -2.05. The molecule has 0 atom stereocenters. The number of benzene rings is 7. The van der Waals surface area contributed by atoms with Gasteiger partial charge in [0.2, 0.25) is 0 Å². The standard InChI is InChI=1S/C45H28N4S/c1-3-15-29(16-4-1)43-46-44(30-17-5-2-6-18-30)48-45(47-43)37-25-13-22-34(36-24-14-23-35-33-21-9-12-28-40(33)50-42(35)36)41(37)49-38-26-10-7-19-31(38)32-20-8-11-27-39(32)49/h1-28H/i7D,8D,9D,12D,14D,19D,20D,21D,22D,23D,24D,25D,26D,27D,28D. The van der Waals surface area contributed by atoms with E-state index in [0.717, 1.165) is 23.5 Å². The quantitative estimate of drug-likeness (QED) is 0.183. The van der Waals surface area contributed by atoms with Crippen LogP contribution in [-0.4, -0.2) is 19.5 Å². The summed E-state index contributed by atoms with van der Waals surface area (Å²) in [5.41, 5.74) is 0.0508. The van der Waals surface area contributed by atoms with Crippen LogP contribution in [0.15, 0.2) is 169 Å². The lowest BCUT2D eigenvalue weighted by molar-refractivity contribution is 1.06. The Morgan fingerprint density at radius 3 is 1.70 bits per heavy atom. The van der Waals surface area contributed by atoms with E-state index in [-0.39, 0.29) is 112 Å². The Bertz CT molecular complexity index is 3600. The molecule has 0 amide bonds. The van der Waals surface area contributed by atoms with Crippen molar-refractivity contribution in [1.82, 2.24) is 19.5 Å². The molecule has 0 aliphatic carbocycles. The second-order valence-corrected chi connectivity index (χ2v) is 12.2. The van der Waals surface area contributed by atoms with Gasteiger partial charge >= 0.3 is 0 Å². The van der Waals surface area contributed by atoms with Gasteiger partial charge in [-0.1, -0.05) is 145 Å². The largest absolute Gasteiger partial charge is 0.308 e. The van der Waals surface area contributed by atoms with Gasteiger partial charge in [0.1, 0.15) is 0 Å². The number of hydrogen-bond acceptors (Lipinski definition) is 4. The van der Waals surface area contributed by atoms with Gasteiger partial charge in [-0.3, -0.25) is 0 Å². The Labute approximate surface area is 313 Å². The Balaban J connectivity index is 1.50. The van der Waals surface area contributed by atoms with E-state index in [0.29, 0.717) is 11.1 Å². The first-order valence-corrected chi connectivity index (χ1v) is 16.3. The fraction of sp³-hybridized carbons (Fsp3) is 0. The fourth-order valence-corrected chi connectivity index (χ4v) is 7.26. The predicted molar refractivity (Wildman–Crippen MR) is 209 cm³/mol. The summed E-state index contributed by atoms with van der Waals surface area (Å²) in [6.07, 6.45) is 0. The van der Waals surface area contributed by atoms with E-state index in [2.05, 4.69) is 0 Å². The zero-order valence-electron chi connectivity index (χ0n) is 40.7. The zero-order valence-corrected chi connectivity index (χ0v) is 26.5. The molecule has 0 spiro atoms. The average Bonchev–Trinajstić information content (AvgIpc) is 3.88. The van der Waals surface area contributed by atoms with Crippen molar-refractivity contribution in [2.24, 2.45) is 0 Å². The summed E-state index contributed by atoms with van der Waals surface area (Å²) in [6, 6.07) is 14.3. The van der Waals surface area contributed by atoms with Crippen molar-refractivity contribution >= 4 is 53.3 Å². The first kappa shape index (κ1) is 17.3. The highest BCUT2D eigenvalue weighted by molar-refractivity contribution is 7.26. The van der Waals surface area contributed by atoms with Gasteiger partial charge in [0.15, 0.2) is 17.5 Å². The molecule has 0 aliphatic heterocycles. The van der Waals surface area contributed by atoms with E-state index in [1.807, 2.05) is 12.1 Å². The number of hydrogen-bond donors (Lipinski definition) is 0. The second kappa shape index (κ2) is 11.6. The summed E-state index contributed by atoms with van der Waals surface area (Å²) >= 11 is 0.828. The van der Waals surface area contributed by atoms with Crippen LogP contribution in [0.2, 0.25) is 0 Å². The zero-order chi connectivity index (χ0) is 46.1. The van der Waals surface area contributed by atoms with Crippen LogP contribution in [0.5, 0.6) is 0 Å². The van der Waals surface area contributed by atoms with Gasteiger partial charge in [0.05, 0.1) is 37.3 Å². The predicted octanol–water partition coefficient (Wildman–Crippen LogP) is 12.0. The smallest absolute Gasteiger partial charge is 0.166 e. The third kappa shape index (κ3) is 4.55. The number of para-hydroxylation sites is 3. The van der Waals surface area contributed by atoms with Crippen molar-refractivity contribution < 1.29 is 20.6 Å². The van der Waals surface area contributed by atoms with Crippen LogP contribution in [0.4, 0.5) is 0 Å². The summed E-state index contributed by atoms with van der Waals surface area (Å²) in [5, 5.41) is -0.434. The molecule has 0 saturated heterocycles. The number of aromatic nitrogens is 4. The average molecular weight is 672 g/mol. The molecule has 7 aromatic carbocycles. The third-order valence-electron chi connectivity index (χ3n) is 8.37. The third-order valence-corrected chi connectivity index (χ3v) is 9.49. The van der Waals surface area contributed by atoms with Gasteiger partial charge in [0.25, 0.3) is 0 Å². The van der Waals surface area contributed by atoms with Crippen molar-refractivity contribution in [2.45, 2.75) is 0 Å². The molecule has 0 radical (unpaired) electrons. The topological polar surface area (TPSA) is 43.6 Å². The van der Waals surface area contributed by atoms with E-state index in [4.69, 9.17) is 28.7 Å². The summed E-state index contributed by atoms with van der Waals surface area (Å²) in [5.74, 6) is 0.188. The lowest BCUT2D eigenvalue weighted by Gasteiger charge is -2.19. The van der Waals surface area contributed by atoms with Crippen LogP contribution in [0.25, 0.3) is 93.0 Å². The van der Waals surface area contributed by atoms with E-state index < -0.39 is 60.4 Å². The molecule has 50 heavy (non-hydrogen) atoms. The molecule has 10 aromatic rings. The molecule has 0 saturated carbocycles. The molecule has 0 unspecified atom stereocenters. The molecule has 0 fully saturated rings. The maximum Gasteiger partial charge on any atom is 0.166 e. The van der Waals surface area contributed by atoms with Crippen LogP contribution >= 0.6 is 11.3 Å². The van der Waals surface area contributed by atoms with Crippen molar-refractivity contribution in [2.75, 3.05) is 0 Å². The van der Waals surface area contributed by atoms with Crippen molar-refractivity contribution in [3.05, 3.63) is 169 Å². The second-order valence-electron chi connectivity index (χ2n) is 11.2. The van der Waals surface area contributed by atoms with E-state index in [9.17, 15) is 6.85 Å². The van der Waals surface area contributed by atoms with Crippen molar-refractivity contribution in [1.29, 1.82) is 0 Å². The first-order chi connectivity index (χ1) is 31.0. The minimum Gasteiger partial charge on any atom is -0.308 e. The van der Waals surface area contributed by atoms with Gasteiger partial charge in [-0.05, 0) is 24.2 Å². The number of fused-ring (bicyclic) bond motifs is 6. The molecular weight excluding hydrogens is 629 g/mol. The van der Waals surface area contributed by atoms with Crippen molar-refractivity contribution in [3.8, 4) is 51.0 Å². The molecule has 0 bridgehead atoms. The summed E-state index contributed by atoms with van der Waals surface area (Å²) in [6.45, 7) is 0. The van der Waals surface area contributed by atoms with Crippen LogP contribution in [0, 0.1) is 0 Å². The van der Waals surface area contributed by atoms with Crippen LogP contribution in [0.1, 0.15) is 20.6 Å². The Hall–Kier alpha value is -6.43. The Morgan fingerprint density at radius 1 is 0.440 bits per heavy atom. The molecule has 0 aliphatic rings. The molecule has 3 aromatic heterocycles. The Kier molecular flexibility index (Phi) is 4.02. The van der Waals surface area contributed by atoms with E-state index >= 15 is 0 Å². The maximum atomic E-state index is 9.73. The summed E-state index contributed by atoms with van der Waals surface area (Å²) in [7, 11) is 0. The number of thiophene rings is 1. The highest BCUT2D eigenvalue weighted by Gasteiger charge is 2.23. The molecule has 3 heterocycles. The lowest BCUT2D eigenvalue weighted by atomic mass is 9.97. The molecule has 234 valence electrons. The minimum absolute atomic E-state index is 0.0241. The molecular formula is C45H28N4S. The van der Waals surface area contributed by atoms with E-state index in [1.54, 1.807) is 48.5 Å². The first-order valence-electron chi connectivity index (χ1n) is 23.0. The van der Waals surface area contributed by atoms with Gasteiger partial charge in [0, 0.05) is 58.8 Å². The maximum absolute atomic E-state index is 9.73. The molecule has 4 nitrogen and oxygen atoms in total. The van der Waals surface area contributed by atoms with Gasteiger partial charge in [-0.25, -0.2) is 15.0 Å². The number of rotatable bonds is 5. The normalized spacial score (nSPS) is 15.8. The molecule has 5 heteroatoms.